The Labute approximate surface area is 109 Å². The van der Waals surface area contributed by atoms with Gasteiger partial charge >= 0.3 is 0 Å². The minimum atomic E-state index is 0. The predicted molar refractivity (Wildman–Crippen MR) is 77.9 cm³/mol. The smallest absolute Gasteiger partial charge is 0.00770 e. The van der Waals surface area contributed by atoms with Crippen molar-refractivity contribution in [3.05, 3.63) is 47.5 Å². The first-order chi connectivity index (χ1) is 7.72. The topological polar surface area (TPSA) is 26.0 Å². The van der Waals surface area contributed by atoms with Gasteiger partial charge < -0.3 is 5.73 Å². The van der Waals surface area contributed by atoms with Crippen molar-refractivity contribution >= 4 is 23.2 Å². The maximum absolute atomic E-state index is 6.06. The molecule has 2 rings (SSSR count). The normalized spacial score (nSPS) is 12.2. The number of halogens is 1. The molecule has 92 valence electrons. The Morgan fingerprint density at radius 2 is 1.82 bits per heavy atom. The van der Waals surface area contributed by atoms with Gasteiger partial charge in [0.05, 0.1) is 0 Å². The van der Waals surface area contributed by atoms with E-state index in [-0.39, 0.29) is 18.4 Å². The number of hydrogen-bond donors (Lipinski definition) is 1. The molecule has 0 bridgehead atoms. The fourth-order valence-electron chi connectivity index (χ4n) is 2.12. The molecule has 2 aromatic carbocycles. The van der Waals surface area contributed by atoms with E-state index in [4.69, 9.17) is 5.73 Å². The van der Waals surface area contributed by atoms with Crippen LogP contribution in [0, 0.1) is 6.92 Å². The van der Waals surface area contributed by atoms with Gasteiger partial charge in [0.1, 0.15) is 0 Å². The molecule has 1 atom stereocenters. The highest BCUT2D eigenvalue weighted by Crippen LogP contribution is 2.23. The van der Waals surface area contributed by atoms with Crippen molar-refractivity contribution in [1.29, 1.82) is 0 Å². The van der Waals surface area contributed by atoms with Crippen LogP contribution in [0.5, 0.6) is 0 Å². The number of aryl methyl sites for hydroxylation is 1. The minimum absolute atomic E-state index is 0. The molecule has 1 nitrogen and oxygen atoms in total. The van der Waals surface area contributed by atoms with Crippen LogP contribution in [0.1, 0.15) is 24.5 Å². The van der Waals surface area contributed by atoms with Crippen molar-refractivity contribution in [3.63, 3.8) is 0 Å². The van der Waals surface area contributed by atoms with Crippen molar-refractivity contribution in [2.45, 2.75) is 32.7 Å². The third-order valence-electron chi connectivity index (χ3n) is 3.27. The molecule has 0 heterocycles. The second-order valence-electron chi connectivity index (χ2n) is 4.45. The van der Waals surface area contributed by atoms with Gasteiger partial charge in [0.15, 0.2) is 0 Å². The molecule has 0 saturated heterocycles. The van der Waals surface area contributed by atoms with Crippen LogP contribution < -0.4 is 5.73 Å². The lowest BCUT2D eigenvalue weighted by atomic mass is 9.94. The Hall–Kier alpha value is -1.05. The zero-order chi connectivity index (χ0) is 11.5. The summed E-state index contributed by atoms with van der Waals surface area (Å²) in [5.41, 5.74) is 8.82. The van der Waals surface area contributed by atoms with E-state index < -0.39 is 0 Å². The SMILES string of the molecule is CCC(N)Cc1c(C)ccc2ccccc12.Cl. The summed E-state index contributed by atoms with van der Waals surface area (Å²) < 4.78 is 0. The Bertz CT molecular complexity index is 493. The summed E-state index contributed by atoms with van der Waals surface area (Å²) >= 11 is 0. The van der Waals surface area contributed by atoms with Crippen LogP contribution in [0.25, 0.3) is 10.8 Å². The van der Waals surface area contributed by atoms with Gasteiger partial charge in [0.2, 0.25) is 0 Å². The van der Waals surface area contributed by atoms with E-state index in [0.717, 1.165) is 12.8 Å². The predicted octanol–water partition coefficient (Wildman–Crippen LogP) is 3.85. The van der Waals surface area contributed by atoms with E-state index in [1.54, 1.807) is 0 Å². The van der Waals surface area contributed by atoms with Gasteiger partial charge in [-0.05, 0) is 41.7 Å². The van der Waals surface area contributed by atoms with Crippen LogP contribution in [0.2, 0.25) is 0 Å². The lowest BCUT2D eigenvalue weighted by Gasteiger charge is -2.14. The molecule has 0 aliphatic heterocycles. The van der Waals surface area contributed by atoms with E-state index in [1.807, 2.05) is 0 Å². The average Bonchev–Trinajstić information content (AvgIpc) is 2.32. The number of benzene rings is 2. The van der Waals surface area contributed by atoms with Crippen molar-refractivity contribution in [2.75, 3.05) is 0 Å². The van der Waals surface area contributed by atoms with E-state index in [0.29, 0.717) is 0 Å². The van der Waals surface area contributed by atoms with E-state index >= 15 is 0 Å². The molecule has 2 N–H and O–H groups in total. The average molecular weight is 250 g/mol. The van der Waals surface area contributed by atoms with Crippen LogP contribution in [-0.4, -0.2) is 6.04 Å². The molecular weight excluding hydrogens is 230 g/mol. The number of fused-ring (bicyclic) bond motifs is 1. The van der Waals surface area contributed by atoms with Crippen molar-refractivity contribution in [2.24, 2.45) is 5.73 Å². The molecule has 17 heavy (non-hydrogen) atoms. The molecule has 0 amide bonds. The Morgan fingerprint density at radius 3 is 2.53 bits per heavy atom. The molecule has 0 fully saturated rings. The summed E-state index contributed by atoms with van der Waals surface area (Å²) in [6.07, 6.45) is 2.01. The molecule has 0 aromatic heterocycles. The van der Waals surface area contributed by atoms with Gasteiger partial charge in [-0.25, -0.2) is 0 Å². The van der Waals surface area contributed by atoms with Crippen LogP contribution in [0.4, 0.5) is 0 Å². The first-order valence-electron chi connectivity index (χ1n) is 5.95. The molecule has 2 aromatic rings. The van der Waals surface area contributed by atoms with E-state index in [9.17, 15) is 0 Å². The molecule has 0 aliphatic carbocycles. The monoisotopic (exact) mass is 249 g/mol. The van der Waals surface area contributed by atoms with E-state index in [2.05, 4.69) is 50.2 Å². The molecule has 0 spiro atoms. The van der Waals surface area contributed by atoms with Crippen LogP contribution in [0.3, 0.4) is 0 Å². The van der Waals surface area contributed by atoms with Gasteiger partial charge in [-0.3, -0.25) is 0 Å². The number of hydrogen-bond acceptors (Lipinski definition) is 1. The largest absolute Gasteiger partial charge is 0.327 e. The second kappa shape index (κ2) is 6.04. The third-order valence-corrected chi connectivity index (χ3v) is 3.27. The van der Waals surface area contributed by atoms with Gasteiger partial charge in [0, 0.05) is 6.04 Å². The Morgan fingerprint density at radius 1 is 1.12 bits per heavy atom. The molecule has 1 unspecified atom stereocenters. The van der Waals surface area contributed by atoms with Crippen LogP contribution in [-0.2, 0) is 6.42 Å². The summed E-state index contributed by atoms with van der Waals surface area (Å²) in [4.78, 5) is 0. The highest BCUT2D eigenvalue weighted by atomic mass is 35.5. The van der Waals surface area contributed by atoms with E-state index in [1.165, 1.54) is 21.9 Å². The fourth-order valence-corrected chi connectivity index (χ4v) is 2.12. The highest BCUT2D eigenvalue weighted by Gasteiger charge is 2.08. The molecule has 0 saturated carbocycles. The van der Waals surface area contributed by atoms with Crippen molar-refractivity contribution < 1.29 is 0 Å². The molecule has 0 aliphatic rings. The van der Waals surface area contributed by atoms with Gasteiger partial charge in [-0.1, -0.05) is 43.3 Å². The summed E-state index contributed by atoms with van der Waals surface area (Å²) in [5.74, 6) is 0. The molecular formula is C15H20ClN. The van der Waals surface area contributed by atoms with Crippen LogP contribution >= 0.6 is 12.4 Å². The fraction of sp³-hybridized carbons (Fsp3) is 0.333. The number of nitrogens with two attached hydrogens (primary N) is 1. The maximum Gasteiger partial charge on any atom is 0.00770 e. The van der Waals surface area contributed by atoms with Gasteiger partial charge in [0.25, 0.3) is 0 Å². The lowest BCUT2D eigenvalue weighted by Crippen LogP contribution is -2.22. The maximum atomic E-state index is 6.06. The summed E-state index contributed by atoms with van der Waals surface area (Å²) in [7, 11) is 0. The Balaban J connectivity index is 0.00000144. The summed E-state index contributed by atoms with van der Waals surface area (Å²) in [5, 5.41) is 2.66. The first-order valence-corrected chi connectivity index (χ1v) is 5.95. The molecule has 0 radical (unpaired) electrons. The number of rotatable bonds is 3. The minimum Gasteiger partial charge on any atom is -0.327 e. The zero-order valence-corrected chi connectivity index (χ0v) is 11.3. The first kappa shape index (κ1) is 14.0. The van der Waals surface area contributed by atoms with Crippen molar-refractivity contribution in [3.8, 4) is 0 Å². The highest BCUT2D eigenvalue weighted by molar-refractivity contribution is 5.86. The zero-order valence-electron chi connectivity index (χ0n) is 10.4. The molecule has 2 heteroatoms. The lowest BCUT2D eigenvalue weighted by molar-refractivity contribution is 0.647. The quantitative estimate of drug-likeness (QED) is 0.879. The standard InChI is InChI=1S/C15H19N.ClH/c1-3-13(16)10-15-11(2)8-9-12-6-4-5-7-14(12)15;/h4-9,13H,3,10,16H2,1-2H3;1H. The Kier molecular flexibility index (Phi) is 4.98. The third kappa shape index (κ3) is 2.99. The van der Waals surface area contributed by atoms with Crippen molar-refractivity contribution in [1.82, 2.24) is 0 Å². The van der Waals surface area contributed by atoms with Gasteiger partial charge in [-0.2, -0.15) is 0 Å². The summed E-state index contributed by atoms with van der Waals surface area (Å²) in [6, 6.07) is 13.2. The van der Waals surface area contributed by atoms with Gasteiger partial charge in [-0.15, -0.1) is 12.4 Å². The van der Waals surface area contributed by atoms with Crippen LogP contribution in [0.15, 0.2) is 36.4 Å². The second-order valence-corrected chi connectivity index (χ2v) is 4.45. The summed E-state index contributed by atoms with van der Waals surface area (Å²) in [6.45, 7) is 4.31.